The van der Waals surface area contributed by atoms with Crippen LogP contribution in [0.15, 0.2) is 24.5 Å². The van der Waals surface area contributed by atoms with Crippen LogP contribution < -0.4 is 4.90 Å². The number of aryl methyl sites for hydroxylation is 1. The molecular formula is C16H17F3N6O4. The highest BCUT2D eigenvalue weighted by atomic mass is 19.4. The van der Waals surface area contributed by atoms with Gasteiger partial charge in [0.15, 0.2) is 5.69 Å². The predicted octanol–water partition coefficient (Wildman–Crippen LogP) is 2.58. The molecule has 0 radical (unpaired) electrons. The van der Waals surface area contributed by atoms with Crippen LogP contribution in [-0.2, 0) is 19.8 Å². The molecule has 156 valence electrons. The van der Waals surface area contributed by atoms with Gasteiger partial charge in [-0.3, -0.25) is 25.1 Å². The molecule has 0 saturated carbocycles. The molecule has 2 aromatic rings. The van der Waals surface area contributed by atoms with Gasteiger partial charge in [-0.25, -0.2) is 4.98 Å². The molecule has 0 unspecified atom stereocenters. The number of imidazole rings is 1. The van der Waals surface area contributed by atoms with Crippen molar-refractivity contribution in [2.24, 2.45) is 7.05 Å². The molecule has 1 aromatic heterocycles. The largest absolute Gasteiger partial charge is 0.416 e. The summed E-state index contributed by atoms with van der Waals surface area (Å²) in [5.41, 5.74) is -3.68. The number of nitro groups is 2. The number of piperazine rings is 1. The van der Waals surface area contributed by atoms with Crippen LogP contribution in [0.4, 0.5) is 30.2 Å². The molecule has 29 heavy (non-hydrogen) atoms. The van der Waals surface area contributed by atoms with Gasteiger partial charge >= 0.3 is 6.18 Å². The zero-order chi connectivity index (χ0) is 21.3. The minimum Gasteiger partial charge on any atom is -0.358 e. The van der Waals surface area contributed by atoms with Crippen LogP contribution in [0.5, 0.6) is 0 Å². The Kier molecular flexibility index (Phi) is 5.42. The van der Waals surface area contributed by atoms with Crippen LogP contribution >= 0.6 is 0 Å². The summed E-state index contributed by atoms with van der Waals surface area (Å²) in [6.45, 7) is 1.74. The van der Waals surface area contributed by atoms with Crippen LogP contribution in [0.3, 0.4) is 0 Å². The quantitative estimate of drug-likeness (QED) is 0.546. The summed E-state index contributed by atoms with van der Waals surface area (Å²) in [4.78, 5) is 28.4. The van der Waals surface area contributed by atoms with Crippen molar-refractivity contribution in [2.75, 3.05) is 31.1 Å². The van der Waals surface area contributed by atoms with E-state index in [9.17, 15) is 33.4 Å². The Bertz CT molecular complexity index is 902. The molecule has 0 bridgehead atoms. The zero-order valence-electron chi connectivity index (χ0n) is 15.3. The van der Waals surface area contributed by atoms with E-state index in [1.54, 1.807) is 12.4 Å². The van der Waals surface area contributed by atoms with E-state index in [4.69, 9.17) is 0 Å². The predicted molar refractivity (Wildman–Crippen MR) is 95.5 cm³/mol. The molecule has 13 heteroatoms. The Morgan fingerprint density at radius 3 is 2.03 bits per heavy atom. The SMILES string of the molecule is Cn1ccnc1CN1CCN(c2c([N+](=O)[O-])cc(C(F)(F)F)cc2[N+](=O)[O-])CC1. The molecule has 1 aliphatic heterocycles. The van der Waals surface area contributed by atoms with Gasteiger partial charge < -0.3 is 9.47 Å². The molecule has 0 spiro atoms. The molecular weight excluding hydrogens is 397 g/mol. The van der Waals surface area contributed by atoms with E-state index in [1.807, 2.05) is 16.5 Å². The lowest BCUT2D eigenvalue weighted by molar-refractivity contribution is -0.393. The third kappa shape index (κ3) is 4.29. The lowest BCUT2D eigenvalue weighted by Gasteiger charge is -2.35. The van der Waals surface area contributed by atoms with Crippen molar-refractivity contribution in [3.05, 3.63) is 56.1 Å². The van der Waals surface area contributed by atoms with Crippen molar-refractivity contribution >= 4 is 17.1 Å². The number of nitrogens with zero attached hydrogens (tertiary/aromatic N) is 6. The summed E-state index contributed by atoms with van der Waals surface area (Å²) in [6, 6.07) is 0.700. The number of halogens is 3. The fourth-order valence-corrected chi connectivity index (χ4v) is 3.25. The first-order chi connectivity index (χ1) is 13.6. The Labute approximate surface area is 162 Å². The number of nitro benzene ring substituents is 2. The zero-order valence-corrected chi connectivity index (χ0v) is 15.3. The van der Waals surface area contributed by atoms with E-state index in [0.29, 0.717) is 31.8 Å². The third-order valence-electron chi connectivity index (χ3n) is 4.76. The first kappa shape index (κ1) is 20.5. The number of hydrogen-bond acceptors (Lipinski definition) is 7. The van der Waals surface area contributed by atoms with E-state index in [2.05, 4.69) is 4.98 Å². The summed E-state index contributed by atoms with van der Waals surface area (Å²) in [6.07, 6.45) is -1.49. The Hall–Kier alpha value is -3.22. The van der Waals surface area contributed by atoms with E-state index >= 15 is 0 Å². The van der Waals surface area contributed by atoms with Gasteiger partial charge in [0.2, 0.25) is 0 Å². The first-order valence-electron chi connectivity index (χ1n) is 8.55. The number of aromatic nitrogens is 2. The van der Waals surface area contributed by atoms with E-state index < -0.39 is 38.6 Å². The molecule has 1 fully saturated rings. The molecule has 0 atom stereocenters. The van der Waals surface area contributed by atoms with E-state index in [-0.39, 0.29) is 13.1 Å². The van der Waals surface area contributed by atoms with Crippen LogP contribution in [-0.4, -0.2) is 50.5 Å². The van der Waals surface area contributed by atoms with Crippen molar-refractivity contribution in [2.45, 2.75) is 12.7 Å². The van der Waals surface area contributed by atoms with Gasteiger partial charge in [-0.15, -0.1) is 0 Å². The Balaban J connectivity index is 1.89. The maximum Gasteiger partial charge on any atom is 0.416 e. The minimum absolute atomic E-state index is 0.192. The smallest absolute Gasteiger partial charge is 0.358 e. The van der Waals surface area contributed by atoms with Crippen molar-refractivity contribution in [1.29, 1.82) is 0 Å². The van der Waals surface area contributed by atoms with Gasteiger partial charge in [0, 0.05) is 57.8 Å². The lowest BCUT2D eigenvalue weighted by Crippen LogP contribution is -2.46. The molecule has 10 nitrogen and oxygen atoms in total. The van der Waals surface area contributed by atoms with E-state index in [1.165, 1.54) is 4.90 Å². The monoisotopic (exact) mass is 414 g/mol. The second kappa shape index (κ2) is 7.66. The number of anilines is 1. The third-order valence-corrected chi connectivity index (χ3v) is 4.76. The van der Waals surface area contributed by atoms with Gasteiger partial charge in [0.25, 0.3) is 11.4 Å². The molecule has 1 aliphatic rings. The Morgan fingerprint density at radius 2 is 1.62 bits per heavy atom. The van der Waals surface area contributed by atoms with Crippen LogP contribution in [0, 0.1) is 20.2 Å². The lowest BCUT2D eigenvalue weighted by atomic mass is 10.1. The number of alkyl halides is 3. The average Bonchev–Trinajstić information content (AvgIpc) is 3.05. The summed E-state index contributed by atoms with van der Waals surface area (Å²) in [7, 11) is 1.84. The van der Waals surface area contributed by atoms with Crippen molar-refractivity contribution in [3.8, 4) is 0 Å². The molecule has 0 amide bonds. The number of benzene rings is 1. The summed E-state index contributed by atoms with van der Waals surface area (Å²) in [5.74, 6) is 0.810. The molecule has 1 saturated heterocycles. The average molecular weight is 414 g/mol. The highest BCUT2D eigenvalue weighted by Crippen LogP contribution is 2.43. The Morgan fingerprint density at radius 1 is 1.07 bits per heavy atom. The molecule has 0 aliphatic carbocycles. The highest BCUT2D eigenvalue weighted by Gasteiger charge is 2.39. The standard InChI is InChI=1S/C16H17F3N6O4/c1-21-3-2-20-14(21)10-22-4-6-23(7-5-22)15-12(24(26)27)8-11(16(17,18)19)9-13(15)25(28)29/h2-3,8-9H,4-7,10H2,1H3. The summed E-state index contributed by atoms with van der Waals surface area (Å²) < 4.78 is 41.0. The highest BCUT2D eigenvalue weighted by molar-refractivity contribution is 5.76. The maximum atomic E-state index is 13.0. The van der Waals surface area contributed by atoms with Crippen LogP contribution in [0.2, 0.25) is 0 Å². The van der Waals surface area contributed by atoms with Crippen LogP contribution in [0.25, 0.3) is 0 Å². The normalized spacial score (nSPS) is 15.5. The first-order valence-corrected chi connectivity index (χ1v) is 8.55. The number of hydrogen-bond donors (Lipinski definition) is 0. The second-order valence-electron chi connectivity index (χ2n) is 6.59. The van der Waals surface area contributed by atoms with Gasteiger partial charge in [-0.05, 0) is 0 Å². The van der Waals surface area contributed by atoms with Crippen LogP contribution in [0.1, 0.15) is 11.4 Å². The topological polar surface area (TPSA) is 111 Å². The maximum absolute atomic E-state index is 13.0. The summed E-state index contributed by atoms with van der Waals surface area (Å²) in [5, 5.41) is 22.8. The van der Waals surface area contributed by atoms with E-state index in [0.717, 1.165) is 5.82 Å². The molecule has 2 heterocycles. The molecule has 1 aromatic carbocycles. The minimum atomic E-state index is -4.94. The van der Waals surface area contributed by atoms with Gasteiger partial charge in [0.1, 0.15) is 5.82 Å². The second-order valence-corrected chi connectivity index (χ2v) is 6.59. The molecule has 0 N–H and O–H groups in total. The van der Waals surface area contributed by atoms with Crippen molar-refractivity contribution < 1.29 is 23.0 Å². The fraction of sp³-hybridized carbons (Fsp3) is 0.438. The fourth-order valence-electron chi connectivity index (χ4n) is 3.25. The van der Waals surface area contributed by atoms with Gasteiger partial charge in [-0.2, -0.15) is 13.2 Å². The van der Waals surface area contributed by atoms with Crippen molar-refractivity contribution in [3.63, 3.8) is 0 Å². The van der Waals surface area contributed by atoms with Gasteiger partial charge in [-0.1, -0.05) is 0 Å². The molecule has 3 rings (SSSR count). The number of rotatable bonds is 5. The van der Waals surface area contributed by atoms with Crippen molar-refractivity contribution in [1.82, 2.24) is 14.5 Å². The summed E-state index contributed by atoms with van der Waals surface area (Å²) >= 11 is 0. The van der Waals surface area contributed by atoms with Gasteiger partial charge in [0.05, 0.1) is 22.0 Å².